The molecule has 0 radical (unpaired) electrons. The van der Waals surface area contributed by atoms with E-state index in [1.54, 1.807) is 42.5 Å². The van der Waals surface area contributed by atoms with E-state index in [2.05, 4.69) is 5.32 Å². The van der Waals surface area contributed by atoms with Gasteiger partial charge in [-0.2, -0.15) is 5.26 Å². The van der Waals surface area contributed by atoms with Crippen LogP contribution in [0, 0.1) is 22.2 Å². The smallest absolute Gasteiger partial charge is 0.412 e. The number of carbonyl (C=O) groups excluding carboxylic acids is 1. The Hall–Kier alpha value is -3.24. The maximum atomic E-state index is 13.1. The fourth-order valence-corrected chi connectivity index (χ4v) is 5.57. The van der Waals surface area contributed by atoms with Crippen LogP contribution in [0.2, 0.25) is 5.02 Å². The molecule has 1 saturated carbocycles. The molecule has 0 aromatic heterocycles. The van der Waals surface area contributed by atoms with Crippen molar-refractivity contribution < 1.29 is 19.4 Å². The Balaban J connectivity index is 1.75. The molecule has 1 aliphatic rings. The van der Waals surface area contributed by atoms with Crippen LogP contribution >= 0.6 is 11.6 Å². The van der Waals surface area contributed by atoms with Crippen LogP contribution in [0.25, 0.3) is 0 Å². The lowest BCUT2D eigenvalue weighted by molar-refractivity contribution is -0.164. The number of anilines is 1. The van der Waals surface area contributed by atoms with Gasteiger partial charge in [0.15, 0.2) is 0 Å². The van der Waals surface area contributed by atoms with Crippen LogP contribution in [0.15, 0.2) is 42.5 Å². The van der Waals surface area contributed by atoms with Crippen LogP contribution in [0.4, 0.5) is 10.5 Å². The van der Waals surface area contributed by atoms with E-state index in [4.69, 9.17) is 21.6 Å². The van der Waals surface area contributed by atoms with Crippen molar-refractivity contribution >= 4 is 29.3 Å². The van der Waals surface area contributed by atoms with Crippen LogP contribution in [-0.2, 0) is 0 Å². The Morgan fingerprint density at radius 1 is 1.09 bits per heavy atom. The van der Waals surface area contributed by atoms with Gasteiger partial charge in [0.25, 0.3) is 5.91 Å². The van der Waals surface area contributed by atoms with Crippen molar-refractivity contribution in [2.45, 2.75) is 66.2 Å². The monoisotopic (exact) mass is 497 g/mol. The maximum absolute atomic E-state index is 13.1. The first-order valence-corrected chi connectivity index (χ1v) is 11.8. The number of carboxylic acid groups (broad SMARTS) is 1. The Morgan fingerprint density at radius 3 is 2.11 bits per heavy atom. The molecular formula is C27H32ClN3O4. The zero-order chi connectivity index (χ0) is 26.3. The number of hydrogen-bond donors (Lipinski definition) is 2. The van der Waals surface area contributed by atoms with Gasteiger partial charge in [-0.3, -0.25) is 9.69 Å². The summed E-state index contributed by atoms with van der Waals surface area (Å²) in [5, 5.41) is 22.2. The molecule has 0 saturated heterocycles. The van der Waals surface area contributed by atoms with Crippen molar-refractivity contribution in [3.63, 3.8) is 0 Å². The predicted octanol–water partition coefficient (Wildman–Crippen LogP) is 6.11. The molecule has 1 fully saturated rings. The Kier molecular flexibility index (Phi) is 6.84. The van der Waals surface area contributed by atoms with Gasteiger partial charge in [0.2, 0.25) is 0 Å². The summed E-state index contributed by atoms with van der Waals surface area (Å²) in [7, 11) is 0. The number of amides is 2. The minimum Gasteiger partial charge on any atom is -0.489 e. The number of benzene rings is 2. The molecule has 0 spiro atoms. The zero-order valence-corrected chi connectivity index (χ0v) is 21.9. The fraction of sp³-hybridized carbons (Fsp3) is 0.444. The summed E-state index contributed by atoms with van der Waals surface area (Å²) < 4.78 is 6.27. The highest BCUT2D eigenvalue weighted by atomic mass is 35.5. The highest BCUT2D eigenvalue weighted by Crippen LogP contribution is 2.55. The molecule has 0 heterocycles. The van der Waals surface area contributed by atoms with Crippen LogP contribution < -0.4 is 15.0 Å². The molecule has 7 nitrogen and oxygen atoms in total. The van der Waals surface area contributed by atoms with Crippen LogP contribution in [0.3, 0.4) is 0 Å². The van der Waals surface area contributed by atoms with Crippen molar-refractivity contribution in [1.82, 2.24) is 5.32 Å². The second-order valence-corrected chi connectivity index (χ2v) is 11.5. The zero-order valence-electron chi connectivity index (χ0n) is 21.1. The van der Waals surface area contributed by atoms with Crippen LogP contribution in [0.1, 0.15) is 64.4 Å². The van der Waals surface area contributed by atoms with Gasteiger partial charge in [-0.15, -0.1) is 0 Å². The van der Waals surface area contributed by atoms with E-state index in [-0.39, 0.29) is 28.9 Å². The minimum absolute atomic E-state index is 0.175. The van der Waals surface area contributed by atoms with Crippen molar-refractivity contribution in [1.29, 1.82) is 5.26 Å². The van der Waals surface area contributed by atoms with Gasteiger partial charge in [-0.1, -0.05) is 39.3 Å². The molecule has 8 heteroatoms. The van der Waals surface area contributed by atoms with Gasteiger partial charge < -0.3 is 15.2 Å². The molecule has 2 aromatic rings. The van der Waals surface area contributed by atoms with E-state index in [0.717, 1.165) is 0 Å². The maximum Gasteiger partial charge on any atom is 0.412 e. The number of halogens is 1. The molecule has 1 aliphatic carbocycles. The summed E-state index contributed by atoms with van der Waals surface area (Å²) in [6.45, 7) is 13.6. The predicted molar refractivity (Wildman–Crippen MR) is 136 cm³/mol. The first kappa shape index (κ1) is 26.4. The average Bonchev–Trinajstić information content (AvgIpc) is 2.74. The third-order valence-corrected chi connectivity index (χ3v) is 6.99. The highest BCUT2D eigenvalue weighted by molar-refractivity contribution is 6.31. The van der Waals surface area contributed by atoms with Gasteiger partial charge in [-0.05, 0) is 57.2 Å². The van der Waals surface area contributed by atoms with Gasteiger partial charge in [0.05, 0.1) is 10.6 Å². The molecule has 2 amide bonds. The largest absolute Gasteiger partial charge is 0.489 e. The Bertz CT molecular complexity index is 1160. The fourth-order valence-electron chi connectivity index (χ4n) is 5.36. The van der Waals surface area contributed by atoms with Gasteiger partial charge in [0, 0.05) is 39.7 Å². The van der Waals surface area contributed by atoms with Crippen molar-refractivity contribution in [2.24, 2.45) is 10.8 Å². The average molecular weight is 498 g/mol. The van der Waals surface area contributed by atoms with Gasteiger partial charge >= 0.3 is 6.09 Å². The van der Waals surface area contributed by atoms with Crippen LogP contribution in [-0.4, -0.2) is 34.8 Å². The number of carbonyl (C=O) groups is 2. The summed E-state index contributed by atoms with van der Waals surface area (Å²) >= 11 is 6.16. The van der Waals surface area contributed by atoms with Gasteiger partial charge in [-0.25, -0.2) is 4.79 Å². The first-order chi connectivity index (χ1) is 16.1. The molecule has 0 unspecified atom stereocenters. The van der Waals surface area contributed by atoms with E-state index < -0.39 is 11.6 Å². The van der Waals surface area contributed by atoms with Crippen molar-refractivity contribution in [3.8, 4) is 11.8 Å². The summed E-state index contributed by atoms with van der Waals surface area (Å²) in [5.41, 5.74) is -0.0546. The normalized spacial score (nSPS) is 20.2. The molecule has 0 atom stereocenters. The summed E-state index contributed by atoms with van der Waals surface area (Å²) in [6.07, 6.45) is -1.26. The van der Waals surface area contributed by atoms with E-state index in [1.165, 1.54) is 4.90 Å². The Labute approximate surface area is 211 Å². The van der Waals surface area contributed by atoms with Gasteiger partial charge in [0.1, 0.15) is 17.9 Å². The Morgan fingerprint density at radius 2 is 1.66 bits per heavy atom. The quantitative estimate of drug-likeness (QED) is 0.519. The molecule has 35 heavy (non-hydrogen) atoms. The lowest BCUT2D eigenvalue weighted by atomic mass is 9.49. The number of rotatable bonds is 5. The third kappa shape index (κ3) is 4.94. The number of nitrogens with one attached hydrogen (secondary N) is 1. The first-order valence-electron chi connectivity index (χ1n) is 11.4. The number of nitrogens with zero attached hydrogens (tertiary/aromatic N) is 2. The molecule has 3 rings (SSSR count). The highest BCUT2D eigenvalue weighted by Gasteiger charge is 2.64. The van der Waals surface area contributed by atoms with Crippen LogP contribution in [0.5, 0.6) is 5.75 Å². The van der Waals surface area contributed by atoms with E-state index in [0.29, 0.717) is 27.6 Å². The third-order valence-electron chi connectivity index (χ3n) is 6.68. The van der Waals surface area contributed by atoms with E-state index in [9.17, 15) is 14.7 Å². The molecule has 0 aliphatic heterocycles. The molecule has 2 N–H and O–H groups in total. The van der Waals surface area contributed by atoms with E-state index in [1.807, 2.05) is 54.5 Å². The number of nitriles is 1. The van der Waals surface area contributed by atoms with Crippen molar-refractivity contribution in [3.05, 3.63) is 58.6 Å². The second-order valence-electron chi connectivity index (χ2n) is 11.1. The second kappa shape index (κ2) is 9.09. The molecule has 2 aromatic carbocycles. The SMILES string of the molecule is CC1(C)C(NC(=O)c2ccc(N(C(=O)O)C(C)(C)C)cc2)C(C)(C)C1Oc1ccc(C#N)c(Cl)c1. The number of ether oxygens (including phenoxy) is 1. The number of hydrogen-bond acceptors (Lipinski definition) is 4. The molecular weight excluding hydrogens is 466 g/mol. The van der Waals surface area contributed by atoms with Crippen molar-refractivity contribution in [2.75, 3.05) is 4.90 Å². The minimum atomic E-state index is -1.05. The topological polar surface area (TPSA) is 103 Å². The summed E-state index contributed by atoms with van der Waals surface area (Å²) in [5.74, 6) is 0.336. The standard InChI is InChI=1S/C27H32ClN3O4/c1-25(2,3)31(24(33)34)18-11-8-16(9-12-18)21(32)30-22-26(4,5)23(27(22,6)7)35-19-13-10-17(15-29)20(28)14-19/h8-14,22-23H,1-7H3,(H,30,32)(H,33,34). The summed E-state index contributed by atoms with van der Waals surface area (Å²) in [4.78, 5) is 26.1. The molecule has 0 bridgehead atoms. The lowest BCUT2D eigenvalue weighted by Crippen LogP contribution is -2.74. The summed E-state index contributed by atoms with van der Waals surface area (Å²) in [6, 6.07) is 13.4. The molecule has 186 valence electrons. The lowest BCUT2D eigenvalue weighted by Gasteiger charge is -2.63. The van der Waals surface area contributed by atoms with E-state index >= 15 is 0 Å².